The molecule has 0 saturated heterocycles. The number of hydrogen-bond acceptors (Lipinski definition) is 1. The van der Waals surface area contributed by atoms with E-state index in [4.69, 9.17) is 23.2 Å². The summed E-state index contributed by atoms with van der Waals surface area (Å²) in [7, 11) is 0. The first-order valence-corrected chi connectivity index (χ1v) is 8.46. The Morgan fingerprint density at radius 1 is 1.05 bits per heavy atom. The Labute approximate surface area is 144 Å². The molecule has 2 atom stereocenters. The molecule has 0 aliphatic heterocycles. The summed E-state index contributed by atoms with van der Waals surface area (Å²) < 4.78 is 0.962. The lowest BCUT2D eigenvalue weighted by Gasteiger charge is -2.24. The number of aliphatic hydroxyl groups is 1. The fourth-order valence-electron chi connectivity index (χ4n) is 2.48. The molecule has 0 amide bonds. The minimum atomic E-state index is -0.570. The zero-order chi connectivity index (χ0) is 15.4. The Bertz CT molecular complexity index is 615. The molecule has 0 saturated carbocycles. The lowest BCUT2D eigenvalue weighted by atomic mass is 9.86. The van der Waals surface area contributed by atoms with E-state index in [0.717, 1.165) is 28.4 Å². The van der Waals surface area contributed by atoms with Crippen LogP contribution in [0.15, 0.2) is 46.9 Å². The van der Waals surface area contributed by atoms with Gasteiger partial charge in [0.2, 0.25) is 0 Å². The normalized spacial score (nSPS) is 14.0. The minimum absolute atomic E-state index is 0.000864. The van der Waals surface area contributed by atoms with E-state index in [1.54, 1.807) is 6.07 Å². The Kier molecular flexibility index (Phi) is 6.12. The maximum Gasteiger partial charge on any atom is 0.0858 e. The van der Waals surface area contributed by atoms with E-state index < -0.39 is 6.10 Å². The summed E-state index contributed by atoms with van der Waals surface area (Å²) in [6, 6.07) is 13.3. The van der Waals surface area contributed by atoms with E-state index in [1.165, 1.54) is 0 Å². The summed E-state index contributed by atoms with van der Waals surface area (Å²) in [5.41, 5.74) is 1.91. The number of aliphatic hydroxyl groups excluding tert-OH is 1. The molecule has 0 spiro atoms. The van der Waals surface area contributed by atoms with Gasteiger partial charge in [0.25, 0.3) is 0 Å². The molecule has 0 fully saturated rings. The lowest BCUT2D eigenvalue weighted by molar-refractivity contribution is 0.140. The van der Waals surface area contributed by atoms with Crippen LogP contribution in [0.1, 0.15) is 42.9 Å². The molecule has 2 aromatic carbocycles. The van der Waals surface area contributed by atoms with Gasteiger partial charge in [-0.15, -0.1) is 0 Å². The molecule has 0 unspecified atom stereocenters. The molecule has 0 aromatic heterocycles. The maximum absolute atomic E-state index is 10.8. The van der Waals surface area contributed by atoms with E-state index in [9.17, 15) is 5.11 Å². The molecule has 0 radical (unpaired) electrons. The highest BCUT2D eigenvalue weighted by atomic mass is 79.9. The summed E-state index contributed by atoms with van der Waals surface area (Å²) >= 11 is 15.5. The quantitative estimate of drug-likeness (QED) is 0.631. The van der Waals surface area contributed by atoms with Gasteiger partial charge in [0.15, 0.2) is 0 Å². The van der Waals surface area contributed by atoms with Gasteiger partial charge in [0.1, 0.15) is 0 Å². The molecule has 0 bridgehead atoms. The third-order valence-corrected chi connectivity index (χ3v) is 4.78. The second kappa shape index (κ2) is 7.64. The first-order valence-electron chi connectivity index (χ1n) is 6.91. The van der Waals surface area contributed by atoms with Crippen molar-refractivity contribution in [2.24, 2.45) is 0 Å². The largest absolute Gasteiger partial charge is 0.388 e. The van der Waals surface area contributed by atoms with Crippen LogP contribution >= 0.6 is 39.1 Å². The third-order valence-electron chi connectivity index (χ3n) is 3.54. The lowest BCUT2D eigenvalue weighted by Crippen LogP contribution is -2.11. The van der Waals surface area contributed by atoms with Crippen LogP contribution in [0.2, 0.25) is 10.0 Å². The van der Waals surface area contributed by atoms with Crippen molar-refractivity contribution in [1.29, 1.82) is 0 Å². The summed E-state index contributed by atoms with van der Waals surface area (Å²) in [6.07, 6.45) is 1.29. The van der Waals surface area contributed by atoms with Crippen molar-refractivity contribution >= 4 is 39.1 Å². The van der Waals surface area contributed by atoms with Crippen LogP contribution in [0.25, 0.3) is 0 Å². The van der Waals surface area contributed by atoms with Crippen LogP contribution in [0.5, 0.6) is 0 Å². The number of hydrogen-bond donors (Lipinski definition) is 1. The van der Waals surface area contributed by atoms with Crippen molar-refractivity contribution in [1.82, 2.24) is 0 Å². The second-order valence-electron chi connectivity index (χ2n) is 5.07. The van der Waals surface area contributed by atoms with E-state index in [2.05, 4.69) is 22.9 Å². The number of rotatable bonds is 5. The van der Waals surface area contributed by atoms with Crippen molar-refractivity contribution in [3.63, 3.8) is 0 Å². The van der Waals surface area contributed by atoms with Gasteiger partial charge < -0.3 is 5.11 Å². The van der Waals surface area contributed by atoms with E-state index in [-0.39, 0.29) is 5.92 Å². The van der Waals surface area contributed by atoms with E-state index in [1.807, 2.05) is 36.4 Å². The molecule has 0 heterocycles. The van der Waals surface area contributed by atoms with Crippen LogP contribution in [0.4, 0.5) is 0 Å². The van der Waals surface area contributed by atoms with Crippen LogP contribution < -0.4 is 0 Å². The predicted molar refractivity (Wildman–Crippen MR) is 93.2 cm³/mol. The SMILES string of the molecule is CCC[C@@H](c1ccc(Cl)c(Cl)c1)[C@@H](O)c1cccc(Br)c1. The molecule has 0 aliphatic carbocycles. The molecule has 2 aromatic rings. The fraction of sp³-hybridized carbons (Fsp3) is 0.294. The van der Waals surface area contributed by atoms with Gasteiger partial charge in [-0.1, -0.05) is 70.7 Å². The van der Waals surface area contributed by atoms with Crippen molar-refractivity contribution in [2.45, 2.75) is 31.8 Å². The zero-order valence-electron chi connectivity index (χ0n) is 11.7. The van der Waals surface area contributed by atoms with E-state index in [0.29, 0.717) is 10.0 Å². The van der Waals surface area contributed by atoms with Gasteiger partial charge in [-0.2, -0.15) is 0 Å². The zero-order valence-corrected chi connectivity index (χ0v) is 14.8. The molecule has 4 heteroatoms. The summed E-state index contributed by atoms with van der Waals surface area (Å²) in [5, 5.41) is 11.8. The first kappa shape index (κ1) is 16.8. The minimum Gasteiger partial charge on any atom is -0.388 e. The third kappa shape index (κ3) is 4.23. The molecule has 1 N–H and O–H groups in total. The molecule has 0 aliphatic rings. The Morgan fingerprint density at radius 2 is 1.81 bits per heavy atom. The van der Waals surface area contributed by atoms with Crippen molar-refractivity contribution in [3.8, 4) is 0 Å². The molecular formula is C17H17BrCl2O. The highest BCUT2D eigenvalue weighted by molar-refractivity contribution is 9.10. The van der Waals surface area contributed by atoms with Crippen molar-refractivity contribution < 1.29 is 5.11 Å². The summed E-state index contributed by atoms with van der Waals surface area (Å²) in [5.74, 6) is -0.000864. The predicted octanol–water partition coefficient (Wildman–Crippen LogP) is 6.37. The second-order valence-corrected chi connectivity index (χ2v) is 6.80. The molecule has 112 valence electrons. The standard InChI is InChI=1S/C17H17BrCl2O/c1-2-4-14(11-7-8-15(19)16(20)10-11)17(21)12-5-3-6-13(18)9-12/h3,5-10,14,17,21H,2,4H2,1H3/t14-,17-/m0/s1. The van der Waals surface area contributed by atoms with Gasteiger partial charge in [-0.05, 0) is 41.8 Å². The molecular weight excluding hydrogens is 371 g/mol. The fourth-order valence-corrected chi connectivity index (χ4v) is 3.21. The average Bonchev–Trinajstić information content (AvgIpc) is 2.47. The van der Waals surface area contributed by atoms with Gasteiger partial charge >= 0.3 is 0 Å². The first-order chi connectivity index (χ1) is 10.0. The van der Waals surface area contributed by atoms with Crippen LogP contribution in [0, 0.1) is 0 Å². The Morgan fingerprint density at radius 3 is 2.43 bits per heavy atom. The number of benzene rings is 2. The van der Waals surface area contributed by atoms with E-state index >= 15 is 0 Å². The monoisotopic (exact) mass is 386 g/mol. The highest BCUT2D eigenvalue weighted by Gasteiger charge is 2.22. The van der Waals surface area contributed by atoms with Crippen molar-refractivity contribution in [2.75, 3.05) is 0 Å². The van der Waals surface area contributed by atoms with Crippen molar-refractivity contribution in [3.05, 3.63) is 68.1 Å². The maximum atomic E-state index is 10.8. The van der Waals surface area contributed by atoms with Crippen LogP contribution in [-0.4, -0.2) is 5.11 Å². The van der Waals surface area contributed by atoms with Gasteiger partial charge in [-0.25, -0.2) is 0 Å². The van der Waals surface area contributed by atoms with Gasteiger partial charge in [0.05, 0.1) is 16.1 Å². The van der Waals surface area contributed by atoms with Gasteiger partial charge in [0, 0.05) is 10.4 Å². The summed E-state index contributed by atoms with van der Waals surface area (Å²) in [6.45, 7) is 2.11. The van der Waals surface area contributed by atoms with Gasteiger partial charge in [-0.3, -0.25) is 0 Å². The smallest absolute Gasteiger partial charge is 0.0858 e. The Balaban J connectivity index is 2.35. The average molecular weight is 388 g/mol. The topological polar surface area (TPSA) is 20.2 Å². The Hall–Kier alpha value is -0.540. The highest BCUT2D eigenvalue weighted by Crippen LogP contribution is 2.37. The number of halogens is 3. The molecule has 21 heavy (non-hydrogen) atoms. The summed E-state index contributed by atoms with van der Waals surface area (Å²) in [4.78, 5) is 0. The molecule has 2 rings (SSSR count). The van der Waals surface area contributed by atoms with Crippen LogP contribution in [-0.2, 0) is 0 Å². The van der Waals surface area contributed by atoms with Crippen LogP contribution in [0.3, 0.4) is 0 Å². The molecule has 1 nitrogen and oxygen atoms in total.